The maximum absolute atomic E-state index is 12.0. The van der Waals surface area contributed by atoms with E-state index in [9.17, 15) is 18.0 Å². The van der Waals surface area contributed by atoms with Crippen molar-refractivity contribution in [3.05, 3.63) is 0 Å². The molecule has 106 valence electrons. The number of halogens is 3. The number of rotatable bonds is 5. The van der Waals surface area contributed by atoms with Gasteiger partial charge in [0, 0.05) is 13.0 Å². The van der Waals surface area contributed by atoms with Crippen LogP contribution in [0.5, 0.6) is 0 Å². The molecule has 1 saturated heterocycles. The first-order valence-corrected chi connectivity index (χ1v) is 6.50. The Morgan fingerprint density at radius 3 is 2.78 bits per heavy atom. The number of hydrogen-bond donors (Lipinski definition) is 2. The van der Waals surface area contributed by atoms with Crippen molar-refractivity contribution in [1.29, 1.82) is 0 Å². The minimum atomic E-state index is -4.06. The standard InChI is InChI=1S/C12H21F3N2O/c1-2-16-11(18)10-8-9(5-7-17-10)4-3-6-12(13,14)15/h9-10,17H,2-8H2,1H3,(H,16,18). The second-order valence-electron chi connectivity index (χ2n) is 4.80. The van der Waals surface area contributed by atoms with Crippen LogP contribution in [0.15, 0.2) is 0 Å². The quantitative estimate of drug-likeness (QED) is 0.801. The van der Waals surface area contributed by atoms with Crippen molar-refractivity contribution in [2.45, 2.75) is 51.2 Å². The zero-order valence-electron chi connectivity index (χ0n) is 10.6. The van der Waals surface area contributed by atoms with Gasteiger partial charge in [-0.25, -0.2) is 0 Å². The van der Waals surface area contributed by atoms with Crippen LogP contribution in [0.4, 0.5) is 13.2 Å². The maximum Gasteiger partial charge on any atom is 0.389 e. The van der Waals surface area contributed by atoms with Gasteiger partial charge in [-0.15, -0.1) is 0 Å². The molecule has 1 aliphatic rings. The molecule has 0 saturated carbocycles. The van der Waals surface area contributed by atoms with Crippen LogP contribution >= 0.6 is 0 Å². The highest BCUT2D eigenvalue weighted by Crippen LogP contribution is 2.27. The van der Waals surface area contributed by atoms with Crippen LogP contribution in [-0.2, 0) is 4.79 Å². The first kappa shape index (κ1) is 15.3. The van der Waals surface area contributed by atoms with Crippen molar-refractivity contribution >= 4 is 5.91 Å². The number of likely N-dealkylation sites (N-methyl/N-ethyl adjacent to an activating group) is 1. The van der Waals surface area contributed by atoms with Crippen molar-refractivity contribution in [3.63, 3.8) is 0 Å². The maximum atomic E-state index is 12.0. The lowest BCUT2D eigenvalue weighted by Crippen LogP contribution is -2.48. The second-order valence-corrected chi connectivity index (χ2v) is 4.80. The Morgan fingerprint density at radius 2 is 2.17 bits per heavy atom. The molecule has 0 aliphatic carbocycles. The molecule has 1 rings (SSSR count). The lowest BCUT2D eigenvalue weighted by atomic mass is 9.88. The predicted octanol–water partition coefficient (Wildman–Crippen LogP) is 2.22. The van der Waals surface area contributed by atoms with Crippen molar-refractivity contribution in [1.82, 2.24) is 10.6 Å². The van der Waals surface area contributed by atoms with E-state index in [2.05, 4.69) is 10.6 Å². The SMILES string of the molecule is CCNC(=O)C1CC(CCCC(F)(F)F)CCN1. The molecule has 2 atom stereocenters. The summed E-state index contributed by atoms with van der Waals surface area (Å²) < 4.78 is 36.1. The molecule has 18 heavy (non-hydrogen) atoms. The van der Waals surface area contributed by atoms with Crippen LogP contribution in [0.3, 0.4) is 0 Å². The molecule has 1 amide bonds. The third-order valence-electron chi connectivity index (χ3n) is 3.25. The zero-order valence-corrected chi connectivity index (χ0v) is 10.6. The van der Waals surface area contributed by atoms with Crippen molar-refractivity contribution in [3.8, 4) is 0 Å². The van der Waals surface area contributed by atoms with E-state index in [-0.39, 0.29) is 24.3 Å². The fraction of sp³-hybridized carbons (Fsp3) is 0.917. The fourth-order valence-electron chi connectivity index (χ4n) is 2.35. The third kappa shape index (κ3) is 5.71. The van der Waals surface area contributed by atoms with Crippen molar-refractivity contribution in [2.24, 2.45) is 5.92 Å². The topological polar surface area (TPSA) is 41.1 Å². The minimum Gasteiger partial charge on any atom is -0.355 e. The highest BCUT2D eigenvalue weighted by atomic mass is 19.4. The van der Waals surface area contributed by atoms with Crippen LogP contribution in [0.25, 0.3) is 0 Å². The fourth-order valence-corrected chi connectivity index (χ4v) is 2.35. The molecule has 6 heteroatoms. The Labute approximate surface area is 106 Å². The Kier molecular flexibility index (Phi) is 5.91. The third-order valence-corrected chi connectivity index (χ3v) is 3.25. The van der Waals surface area contributed by atoms with E-state index < -0.39 is 12.6 Å². The number of alkyl halides is 3. The lowest BCUT2D eigenvalue weighted by molar-refractivity contribution is -0.136. The second kappa shape index (κ2) is 6.97. The van der Waals surface area contributed by atoms with Gasteiger partial charge in [-0.3, -0.25) is 4.79 Å². The van der Waals surface area contributed by atoms with Crippen LogP contribution < -0.4 is 10.6 Å². The monoisotopic (exact) mass is 266 g/mol. The summed E-state index contributed by atoms with van der Waals surface area (Å²) >= 11 is 0. The summed E-state index contributed by atoms with van der Waals surface area (Å²) in [6.07, 6.45) is -2.57. The van der Waals surface area contributed by atoms with Crippen LogP contribution in [0.2, 0.25) is 0 Å². The van der Waals surface area contributed by atoms with Gasteiger partial charge < -0.3 is 10.6 Å². The van der Waals surface area contributed by atoms with E-state index in [1.165, 1.54) is 0 Å². The van der Waals surface area contributed by atoms with Gasteiger partial charge in [-0.1, -0.05) is 6.42 Å². The summed E-state index contributed by atoms with van der Waals surface area (Å²) in [6, 6.07) is -0.241. The minimum absolute atomic E-state index is 0.0435. The molecule has 3 nitrogen and oxygen atoms in total. The zero-order chi connectivity index (χ0) is 13.6. The molecular weight excluding hydrogens is 245 g/mol. The molecular formula is C12H21F3N2O. The van der Waals surface area contributed by atoms with Crippen LogP contribution in [0.1, 0.15) is 39.0 Å². The highest BCUT2D eigenvalue weighted by Gasteiger charge is 2.29. The molecule has 0 aromatic rings. The van der Waals surface area contributed by atoms with Gasteiger partial charge in [-0.05, 0) is 38.6 Å². The van der Waals surface area contributed by atoms with Gasteiger partial charge in [0.2, 0.25) is 5.91 Å². The number of piperidine rings is 1. The predicted molar refractivity (Wildman–Crippen MR) is 63.1 cm³/mol. The number of amides is 1. The lowest BCUT2D eigenvalue weighted by Gasteiger charge is -2.29. The summed E-state index contributed by atoms with van der Waals surface area (Å²) in [5.41, 5.74) is 0. The van der Waals surface area contributed by atoms with Crippen molar-refractivity contribution in [2.75, 3.05) is 13.1 Å². The number of nitrogens with one attached hydrogen (secondary N) is 2. The number of carbonyl (C=O) groups is 1. The summed E-state index contributed by atoms with van der Waals surface area (Å²) in [4.78, 5) is 11.6. The number of carbonyl (C=O) groups excluding carboxylic acids is 1. The molecule has 2 unspecified atom stereocenters. The summed E-state index contributed by atoms with van der Waals surface area (Å²) in [7, 11) is 0. The van der Waals surface area contributed by atoms with E-state index in [1.54, 1.807) is 0 Å². The average molecular weight is 266 g/mol. The Balaban J connectivity index is 2.28. The van der Waals surface area contributed by atoms with E-state index >= 15 is 0 Å². The van der Waals surface area contributed by atoms with Gasteiger partial charge in [0.25, 0.3) is 0 Å². The van der Waals surface area contributed by atoms with Crippen LogP contribution in [0, 0.1) is 5.92 Å². The molecule has 0 spiro atoms. The van der Waals surface area contributed by atoms with E-state index in [0.29, 0.717) is 25.9 Å². The average Bonchev–Trinajstić information content (AvgIpc) is 2.28. The summed E-state index contributed by atoms with van der Waals surface area (Å²) in [6.45, 7) is 3.13. The molecule has 0 aromatic carbocycles. The van der Waals surface area contributed by atoms with Crippen molar-refractivity contribution < 1.29 is 18.0 Å². The largest absolute Gasteiger partial charge is 0.389 e. The molecule has 1 fully saturated rings. The van der Waals surface area contributed by atoms with E-state index in [1.807, 2.05) is 6.92 Å². The molecule has 1 heterocycles. The highest BCUT2D eigenvalue weighted by molar-refractivity contribution is 5.81. The normalized spacial score (nSPS) is 24.9. The summed E-state index contributed by atoms with van der Waals surface area (Å²) in [5.74, 6) is 0.180. The Morgan fingerprint density at radius 1 is 1.44 bits per heavy atom. The number of hydrogen-bond acceptors (Lipinski definition) is 2. The van der Waals surface area contributed by atoms with Gasteiger partial charge in [0.15, 0.2) is 0 Å². The van der Waals surface area contributed by atoms with Gasteiger partial charge in [0.1, 0.15) is 0 Å². The van der Waals surface area contributed by atoms with Gasteiger partial charge >= 0.3 is 6.18 Å². The van der Waals surface area contributed by atoms with Gasteiger partial charge in [0.05, 0.1) is 6.04 Å². The van der Waals surface area contributed by atoms with E-state index in [4.69, 9.17) is 0 Å². The molecule has 0 aromatic heterocycles. The first-order chi connectivity index (χ1) is 8.42. The molecule has 2 N–H and O–H groups in total. The van der Waals surface area contributed by atoms with Crippen LogP contribution in [-0.4, -0.2) is 31.2 Å². The molecule has 0 radical (unpaired) electrons. The van der Waals surface area contributed by atoms with E-state index in [0.717, 1.165) is 6.42 Å². The Hall–Kier alpha value is -0.780. The molecule has 0 bridgehead atoms. The summed E-state index contributed by atoms with van der Waals surface area (Å²) in [5, 5.41) is 5.84. The first-order valence-electron chi connectivity index (χ1n) is 6.50. The smallest absolute Gasteiger partial charge is 0.355 e. The Bertz CT molecular complexity index is 269. The van der Waals surface area contributed by atoms with Gasteiger partial charge in [-0.2, -0.15) is 13.2 Å². The molecule has 1 aliphatic heterocycles.